The first kappa shape index (κ1) is 22.8. The van der Waals surface area contributed by atoms with Crippen molar-refractivity contribution in [2.45, 2.75) is 31.3 Å². The van der Waals surface area contributed by atoms with E-state index in [9.17, 15) is 4.57 Å². The van der Waals surface area contributed by atoms with Gasteiger partial charge in [0.2, 0.25) is 0 Å². The molecule has 11 heteroatoms. The van der Waals surface area contributed by atoms with Crippen LogP contribution in [0, 0.1) is 0 Å². The monoisotopic (exact) mass is 476 g/mol. The molecule has 1 aliphatic rings. The Bertz CT molecular complexity index is 1110. The fourth-order valence-corrected chi connectivity index (χ4v) is 4.08. The third-order valence-corrected chi connectivity index (χ3v) is 5.80. The Morgan fingerprint density at radius 3 is 3.00 bits per heavy atom. The summed E-state index contributed by atoms with van der Waals surface area (Å²) >= 11 is 6.29. The van der Waals surface area contributed by atoms with Gasteiger partial charge in [-0.15, -0.1) is 0 Å². The van der Waals surface area contributed by atoms with Crippen molar-refractivity contribution in [3.05, 3.63) is 65.6 Å². The van der Waals surface area contributed by atoms with Gasteiger partial charge in [-0.3, -0.25) is 4.52 Å². The Kier molecular flexibility index (Phi) is 7.47. The summed E-state index contributed by atoms with van der Waals surface area (Å²) in [6, 6.07) is 9.16. The van der Waals surface area contributed by atoms with E-state index >= 15 is 0 Å². The predicted molar refractivity (Wildman–Crippen MR) is 119 cm³/mol. The average molecular weight is 477 g/mol. The summed E-state index contributed by atoms with van der Waals surface area (Å²) < 4.78 is 23.5. The standard InChI is InChI=1S/C21H22ClN4O5P/c1-13-10-14(30-21(13)26-8-6-16-19(23)24-12-25-20(16)26)11-28-31-18(7-9-29-32-27)15-4-2-3-5-17(15)22/h2-6,8,12,14,18,21H,1,7,9-11H2,(H2,23,24,25)/t14-,18-,21+/m0/s1. The molecule has 3 atom stereocenters. The first-order valence-corrected chi connectivity index (χ1v) is 11.1. The van der Waals surface area contributed by atoms with E-state index in [1.165, 1.54) is 6.33 Å². The highest BCUT2D eigenvalue weighted by Gasteiger charge is 2.32. The lowest BCUT2D eigenvalue weighted by Gasteiger charge is -2.19. The maximum Gasteiger partial charge on any atom is 0.327 e. The molecule has 1 fully saturated rings. The summed E-state index contributed by atoms with van der Waals surface area (Å²) in [5.74, 6) is 0.414. The van der Waals surface area contributed by atoms with Gasteiger partial charge < -0.3 is 15.0 Å². The minimum Gasteiger partial charge on any atom is -0.383 e. The second kappa shape index (κ2) is 10.5. The van der Waals surface area contributed by atoms with Gasteiger partial charge >= 0.3 is 8.69 Å². The molecule has 168 valence electrons. The molecule has 0 spiro atoms. The van der Waals surface area contributed by atoms with Crippen molar-refractivity contribution in [2.75, 3.05) is 18.9 Å². The molecule has 3 heterocycles. The summed E-state index contributed by atoms with van der Waals surface area (Å²) in [5, 5.41) is 1.31. The van der Waals surface area contributed by atoms with Gasteiger partial charge in [-0.05, 0) is 17.7 Å². The highest BCUT2D eigenvalue weighted by molar-refractivity contribution is 7.17. The lowest BCUT2D eigenvalue weighted by Crippen LogP contribution is -2.18. The van der Waals surface area contributed by atoms with Crippen LogP contribution in [0.4, 0.5) is 5.82 Å². The van der Waals surface area contributed by atoms with Crippen molar-refractivity contribution < 1.29 is 23.6 Å². The van der Waals surface area contributed by atoms with Crippen molar-refractivity contribution in [2.24, 2.45) is 0 Å². The number of rotatable bonds is 10. The summed E-state index contributed by atoms with van der Waals surface area (Å²) in [4.78, 5) is 19.5. The van der Waals surface area contributed by atoms with E-state index in [0.717, 1.165) is 16.5 Å². The van der Waals surface area contributed by atoms with Crippen LogP contribution in [0.2, 0.25) is 5.02 Å². The molecule has 0 saturated carbocycles. The third kappa shape index (κ3) is 4.99. The zero-order chi connectivity index (χ0) is 22.5. The van der Waals surface area contributed by atoms with E-state index in [4.69, 9.17) is 36.4 Å². The van der Waals surface area contributed by atoms with E-state index in [2.05, 4.69) is 16.5 Å². The zero-order valence-electron chi connectivity index (χ0n) is 17.1. The van der Waals surface area contributed by atoms with Crippen LogP contribution in [0.3, 0.4) is 0 Å². The molecule has 2 aromatic heterocycles. The Morgan fingerprint density at radius 1 is 1.34 bits per heavy atom. The second-order valence-electron chi connectivity index (χ2n) is 7.28. The summed E-state index contributed by atoms with van der Waals surface area (Å²) in [7, 11) is -0.387. The van der Waals surface area contributed by atoms with E-state index in [-0.39, 0.29) is 34.2 Å². The second-order valence-corrected chi connectivity index (χ2v) is 8.09. The van der Waals surface area contributed by atoms with Crippen molar-refractivity contribution in [3.8, 4) is 0 Å². The van der Waals surface area contributed by atoms with E-state index in [1.807, 2.05) is 35.0 Å². The van der Waals surface area contributed by atoms with Crippen LogP contribution in [0.1, 0.15) is 30.7 Å². The van der Waals surface area contributed by atoms with Gasteiger partial charge in [0.1, 0.15) is 30.5 Å². The van der Waals surface area contributed by atoms with E-state index in [1.54, 1.807) is 6.07 Å². The lowest BCUT2D eigenvalue weighted by atomic mass is 10.1. The minimum absolute atomic E-state index is 0.188. The summed E-state index contributed by atoms with van der Waals surface area (Å²) in [5.41, 5.74) is 8.25. The van der Waals surface area contributed by atoms with Gasteiger partial charge in [0.25, 0.3) is 0 Å². The summed E-state index contributed by atoms with van der Waals surface area (Å²) in [6.45, 7) is 4.55. The average Bonchev–Trinajstić information content (AvgIpc) is 3.37. The zero-order valence-corrected chi connectivity index (χ0v) is 18.7. The van der Waals surface area contributed by atoms with Crippen LogP contribution in [0.15, 0.2) is 55.0 Å². The van der Waals surface area contributed by atoms with Crippen molar-refractivity contribution >= 4 is 37.1 Å². The number of nitrogen functional groups attached to an aromatic ring is 1. The maximum absolute atomic E-state index is 10.6. The number of aromatic nitrogens is 3. The molecular formula is C21H22ClN4O5P. The Hall–Kier alpha value is -2.39. The van der Waals surface area contributed by atoms with Gasteiger partial charge in [0.15, 0.2) is 6.23 Å². The fraction of sp³-hybridized carbons (Fsp3) is 0.333. The molecule has 1 aromatic carbocycles. The molecule has 0 aliphatic carbocycles. The molecule has 4 rings (SSSR count). The normalized spacial score (nSPS) is 19.7. The number of hydrogen-bond donors (Lipinski definition) is 1. The predicted octanol–water partition coefficient (Wildman–Crippen LogP) is 4.81. The SMILES string of the molecule is C=C1C[C@@H](COO[C@@H](CCOP=O)c2ccccc2Cl)O[C@H]1n1ccc2c(N)ncnc21. The number of nitrogens with two attached hydrogens (primary N) is 1. The van der Waals surface area contributed by atoms with Crippen molar-refractivity contribution in [1.29, 1.82) is 0 Å². The Balaban J connectivity index is 1.38. The highest BCUT2D eigenvalue weighted by atomic mass is 35.5. The first-order chi connectivity index (χ1) is 15.6. The molecule has 1 aliphatic heterocycles. The number of hydrogen-bond acceptors (Lipinski definition) is 8. The van der Waals surface area contributed by atoms with E-state index in [0.29, 0.717) is 29.3 Å². The molecule has 0 unspecified atom stereocenters. The van der Waals surface area contributed by atoms with E-state index < -0.39 is 6.10 Å². The fourth-order valence-electron chi connectivity index (χ4n) is 3.65. The largest absolute Gasteiger partial charge is 0.383 e. The number of anilines is 1. The molecule has 9 nitrogen and oxygen atoms in total. The van der Waals surface area contributed by atoms with Crippen LogP contribution >= 0.6 is 20.3 Å². The van der Waals surface area contributed by atoms with Crippen molar-refractivity contribution in [3.63, 3.8) is 0 Å². The number of nitrogens with zero attached hydrogens (tertiary/aromatic N) is 3. The number of fused-ring (bicyclic) bond motifs is 1. The molecule has 0 bridgehead atoms. The number of halogens is 1. The van der Waals surface area contributed by atoms with Gasteiger partial charge in [-0.1, -0.05) is 36.4 Å². The highest BCUT2D eigenvalue weighted by Crippen LogP contribution is 2.36. The number of benzene rings is 1. The minimum atomic E-state index is -0.487. The molecule has 0 amide bonds. The van der Waals surface area contributed by atoms with Gasteiger partial charge in [0, 0.05) is 29.6 Å². The first-order valence-electron chi connectivity index (χ1n) is 9.96. The molecule has 3 aromatic rings. The molecule has 32 heavy (non-hydrogen) atoms. The molecular weight excluding hydrogens is 455 g/mol. The Morgan fingerprint density at radius 2 is 2.19 bits per heavy atom. The summed E-state index contributed by atoms with van der Waals surface area (Å²) in [6.07, 6.45) is 3.16. The van der Waals surface area contributed by atoms with Crippen LogP contribution in [0.5, 0.6) is 0 Å². The molecule has 1 saturated heterocycles. The van der Waals surface area contributed by atoms with Gasteiger partial charge in [-0.2, -0.15) is 0 Å². The maximum atomic E-state index is 10.6. The topological polar surface area (TPSA) is 111 Å². The van der Waals surface area contributed by atoms with Crippen LogP contribution in [-0.2, 0) is 23.6 Å². The van der Waals surface area contributed by atoms with Gasteiger partial charge in [-0.25, -0.2) is 24.3 Å². The third-order valence-electron chi connectivity index (χ3n) is 5.17. The van der Waals surface area contributed by atoms with Crippen LogP contribution in [0.25, 0.3) is 11.0 Å². The smallest absolute Gasteiger partial charge is 0.327 e. The quantitative estimate of drug-likeness (QED) is 0.146. The number of ether oxygens (including phenoxy) is 1. The Labute approximate surface area is 191 Å². The van der Waals surface area contributed by atoms with Crippen LogP contribution < -0.4 is 5.73 Å². The van der Waals surface area contributed by atoms with Gasteiger partial charge in [0.05, 0.1) is 18.1 Å². The lowest BCUT2D eigenvalue weighted by molar-refractivity contribution is -0.339. The van der Waals surface area contributed by atoms with Crippen molar-refractivity contribution in [1.82, 2.24) is 14.5 Å². The van der Waals surface area contributed by atoms with Crippen LogP contribution in [-0.4, -0.2) is 33.9 Å². The molecule has 2 N–H and O–H groups in total. The molecule has 0 radical (unpaired) electrons.